The van der Waals surface area contributed by atoms with Crippen LogP contribution in [-0.4, -0.2) is 57.0 Å². The Morgan fingerprint density at radius 3 is 2.59 bits per heavy atom. The fourth-order valence-electron chi connectivity index (χ4n) is 4.23. The molecule has 1 aromatic carbocycles. The lowest BCUT2D eigenvalue weighted by atomic mass is 9.86. The Bertz CT molecular complexity index is 1310. The average Bonchev–Trinajstić information content (AvgIpc) is 3.47. The summed E-state index contributed by atoms with van der Waals surface area (Å²) in [5.41, 5.74) is 4.68. The third kappa shape index (κ3) is 5.93. The van der Waals surface area contributed by atoms with Gasteiger partial charge in [-0.1, -0.05) is 32.9 Å². The highest BCUT2D eigenvalue weighted by Crippen LogP contribution is 2.26. The summed E-state index contributed by atoms with van der Waals surface area (Å²) in [7, 11) is 0. The van der Waals surface area contributed by atoms with E-state index in [1.54, 1.807) is 26.8 Å². The standard InChI is InChI=1S/C24H30FN7O5/c1-24(2,3)19(22(35)27-11-16-29-30-23(37-16)20(26)33)28-21(34)17-14-5-4-6-15(25)18(14)32(31-17)12-13-7-9-36-10-8-13/h4-6,13,19H,7-12H2,1-3H3,(H2,26,33)(H,27,35)(H,28,34)/t19-/m1/s1. The molecule has 3 heterocycles. The lowest BCUT2D eigenvalue weighted by molar-refractivity contribution is -0.125. The summed E-state index contributed by atoms with van der Waals surface area (Å²) < 4.78 is 26.9. The van der Waals surface area contributed by atoms with Crippen LogP contribution in [0.3, 0.4) is 0 Å². The predicted octanol–water partition coefficient (Wildman–Crippen LogP) is 1.54. The monoisotopic (exact) mass is 515 g/mol. The van der Waals surface area contributed by atoms with Gasteiger partial charge in [0.15, 0.2) is 5.69 Å². The lowest BCUT2D eigenvalue weighted by Crippen LogP contribution is -2.53. The van der Waals surface area contributed by atoms with Crippen LogP contribution in [0.4, 0.5) is 4.39 Å². The molecule has 0 aliphatic carbocycles. The van der Waals surface area contributed by atoms with Gasteiger partial charge in [-0.3, -0.25) is 19.1 Å². The number of ether oxygens (including phenoxy) is 1. The first-order chi connectivity index (χ1) is 17.5. The maximum absolute atomic E-state index is 14.8. The molecule has 198 valence electrons. The van der Waals surface area contributed by atoms with E-state index in [-0.39, 0.29) is 35.5 Å². The van der Waals surface area contributed by atoms with Gasteiger partial charge < -0.3 is 25.5 Å². The minimum Gasteiger partial charge on any atom is -0.415 e. The quantitative estimate of drug-likeness (QED) is 0.406. The number of fused-ring (bicyclic) bond motifs is 1. The number of primary amides is 1. The normalized spacial score (nSPS) is 15.5. The highest BCUT2D eigenvalue weighted by molar-refractivity contribution is 6.06. The number of nitrogens with two attached hydrogens (primary N) is 1. The van der Waals surface area contributed by atoms with E-state index in [0.29, 0.717) is 25.1 Å². The Hall–Kier alpha value is -3.87. The second-order valence-electron chi connectivity index (χ2n) is 10.1. The molecule has 4 rings (SSSR count). The smallest absolute Gasteiger partial charge is 0.306 e. The van der Waals surface area contributed by atoms with Gasteiger partial charge in [-0.25, -0.2) is 4.39 Å². The Morgan fingerprint density at radius 1 is 1.22 bits per heavy atom. The van der Waals surface area contributed by atoms with E-state index in [1.807, 2.05) is 0 Å². The first kappa shape index (κ1) is 26.2. The topological polar surface area (TPSA) is 167 Å². The molecule has 1 aliphatic rings. The summed E-state index contributed by atoms with van der Waals surface area (Å²) in [5, 5.41) is 17.4. The maximum Gasteiger partial charge on any atom is 0.306 e. The number of nitrogens with zero attached hydrogens (tertiary/aromatic N) is 4. The van der Waals surface area contributed by atoms with Gasteiger partial charge in [0, 0.05) is 25.1 Å². The molecule has 2 aromatic heterocycles. The van der Waals surface area contributed by atoms with Crippen molar-refractivity contribution in [3.8, 4) is 0 Å². The Morgan fingerprint density at radius 2 is 1.95 bits per heavy atom. The fraction of sp³-hybridized carbons (Fsp3) is 0.500. The SMILES string of the molecule is CC(C)(C)[C@H](NC(=O)c1nn(CC2CCOCC2)c2c(F)cccc12)C(=O)NCc1nnc(C(N)=O)o1. The number of amides is 3. The summed E-state index contributed by atoms with van der Waals surface area (Å²) in [5.74, 6) is -2.63. The van der Waals surface area contributed by atoms with Crippen molar-refractivity contribution in [2.75, 3.05) is 13.2 Å². The zero-order valence-electron chi connectivity index (χ0n) is 20.9. The van der Waals surface area contributed by atoms with Crippen molar-refractivity contribution in [3.63, 3.8) is 0 Å². The number of halogens is 1. The van der Waals surface area contributed by atoms with Gasteiger partial charge in [0.1, 0.15) is 17.4 Å². The van der Waals surface area contributed by atoms with Crippen LogP contribution in [-0.2, 0) is 22.6 Å². The molecule has 1 fully saturated rings. The van der Waals surface area contributed by atoms with E-state index >= 15 is 0 Å². The zero-order valence-corrected chi connectivity index (χ0v) is 20.9. The van der Waals surface area contributed by atoms with Gasteiger partial charge in [0.25, 0.3) is 5.91 Å². The number of carbonyl (C=O) groups is 3. The van der Waals surface area contributed by atoms with Gasteiger partial charge >= 0.3 is 11.8 Å². The molecule has 0 saturated carbocycles. The Labute approximate surface area is 212 Å². The first-order valence-electron chi connectivity index (χ1n) is 12.0. The first-order valence-corrected chi connectivity index (χ1v) is 12.0. The number of hydrogen-bond donors (Lipinski definition) is 3. The number of aromatic nitrogens is 4. The molecule has 37 heavy (non-hydrogen) atoms. The van der Waals surface area contributed by atoms with Crippen LogP contribution in [0, 0.1) is 17.2 Å². The highest BCUT2D eigenvalue weighted by atomic mass is 19.1. The van der Waals surface area contributed by atoms with E-state index in [2.05, 4.69) is 25.9 Å². The number of benzene rings is 1. The molecule has 0 spiro atoms. The molecule has 3 amide bonds. The van der Waals surface area contributed by atoms with Crippen LogP contribution in [0.2, 0.25) is 0 Å². The number of carbonyl (C=O) groups excluding carboxylic acids is 3. The number of hydrogen-bond acceptors (Lipinski definition) is 8. The molecule has 1 atom stereocenters. The Kier molecular flexibility index (Phi) is 7.52. The zero-order chi connectivity index (χ0) is 26.7. The van der Waals surface area contributed by atoms with Crippen LogP contribution in [0.15, 0.2) is 22.6 Å². The number of nitrogens with one attached hydrogen (secondary N) is 2. The van der Waals surface area contributed by atoms with Crippen molar-refractivity contribution in [3.05, 3.63) is 41.5 Å². The molecule has 0 bridgehead atoms. The molecule has 12 nitrogen and oxygen atoms in total. The van der Waals surface area contributed by atoms with Gasteiger partial charge in [-0.2, -0.15) is 5.10 Å². The van der Waals surface area contributed by atoms with E-state index < -0.39 is 35.0 Å². The molecular formula is C24H30FN7O5. The van der Waals surface area contributed by atoms with Crippen LogP contribution in [0.25, 0.3) is 10.9 Å². The van der Waals surface area contributed by atoms with Crippen molar-refractivity contribution in [2.45, 2.75) is 52.7 Å². The predicted molar refractivity (Wildman–Crippen MR) is 129 cm³/mol. The Balaban J connectivity index is 1.54. The van der Waals surface area contributed by atoms with Crippen molar-refractivity contribution in [2.24, 2.45) is 17.1 Å². The number of rotatable bonds is 8. The highest BCUT2D eigenvalue weighted by Gasteiger charge is 2.34. The maximum atomic E-state index is 14.8. The van der Waals surface area contributed by atoms with Crippen molar-refractivity contribution in [1.82, 2.24) is 30.6 Å². The van der Waals surface area contributed by atoms with Crippen molar-refractivity contribution < 1.29 is 27.9 Å². The van der Waals surface area contributed by atoms with Crippen molar-refractivity contribution >= 4 is 28.6 Å². The van der Waals surface area contributed by atoms with E-state index in [4.69, 9.17) is 14.9 Å². The molecule has 4 N–H and O–H groups in total. The summed E-state index contributed by atoms with van der Waals surface area (Å²) in [4.78, 5) is 37.6. The second kappa shape index (κ2) is 10.6. The third-order valence-electron chi connectivity index (χ3n) is 6.20. The molecule has 13 heteroatoms. The minimum absolute atomic E-state index is 0.0190. The van der Waals surface area contributed by atoms with E-state index in [9.17, 15) is 18.8 Å². The third-order valence-corrected chi connectivity index (χ3v) is 6.20. The second-order valence-corrected chi connectivity index (χ2v) is 10.1. The van der Waals surface area contributed by atoms with Crippen LogP contribution >= 0.6 is 0 Å². The average molecular weight is 516 g/mol. The summed E-state index contributed by atoms with van der Waals surface area (Å²) in [6.45, 7) is 6.92. The molecule has 1 saturated heterocycles. The minimum atomic E-state index is -0.984. The van der Waals surface area contributed by atoms with Gasteiger partial charge in [0.05, 0.1) is 6.54 Å². The summed E-state index contributed by atoms with van der Waals surface area (Å²) in [6.07, 6.45) is 1.65. The van der Waals surface area contributed by atoms with Crippen LogP contribution < -0.4 is 16.4 Å². The van der Waals surface area contributed by atoms with Crippen LogP contribution in [0.1, 0.15) is 60.7 Å². The van der Waals surface area contributed by atoms with Crippen LogP contribution in [0.5, 0.6) is 0 Å². The molecule has 0 radical (unpaired) electrons. The van der Waals surface area contributed by atoms with E-state index in [0.717, 1.165) is 12.8 Å². The van der Waals surface area contributed by atoms with Gasteiger partial charge in [-0.15, -0.1) is 10.2 Å². The van der Waals surface area contributed by atoms with Gasteiger partial charge in [0.2, 0.25) is 11.8 Å². The lowest BCUT2D eigenvalue weighted by Gasteiger charge is -2.30. The van der Waals surface area contributed by atoms with E-state index in [1.165, 1.54) is 16.8 Å². The summed E-state index contributed by atoms with van der Waals surface area (Å²) in [6, 6.07) is 3.51. The molecular weight excluding hydrogens is 485 g/mol. The summed E-state index contributed by atoms with van der Waals surface area (Å²) >= 11 is 0. The number of para-hydroxylation sites is 1. The molecule has 1 aliphatic heterocycles. The fourth-order valence-corrected chi connectivity index (χ4v) is 4.23. The van der Waals surface area contributed by atoms with Gasteiger partial charge in [-0.05, 0) is 30.2 Å². The van der Waals surface area contributed by atoms with Crippen molar-refractivity contribution in [1.29, 1.82) is 0 Å². The largest absolute Gasteiger partial charge is 0.415 e. The molecule has 3 aromatic rings. The molecule has 0 unspecified atom stereocenters.